The Morgan fingerprint density at radius 1 is 1.09 bits per heavy atom. The average Bonchev–Trinajstić information content (AvgIpc) is 3.01. The van der Waals surface area contributed by atoms with Crippen molar-refractivity contribution in [1.82, 2.24) is 10.2 Å². The second-order valence-corrected chi connectivity index (χ2v) is 8.19. The van der Waals surface area contributed by atoms with E-state index in [1.54, 1.807) is 5.57 Å². The first-order valence-electron chi connectivity index (χ1n) is 9.57. The van der Waals surface area contributed by atoms with Gasteiger partial charge in [0.2, 0.25) is 0 Å². The maximum atomic E-state index is 5.21. The van der Waals surface area contributed by atoms with Gasteiger partial charge in [-0.2, -0.15) is 0 Å². The molecule has 0 spiro atoms. The highest BCUT2D eigenvalue weighted by molar-refractivity contribution is 5.57. The number of fused-ring (bicyclic) bond motifs is 3. The Balaban J connectivity index is 1.47. The number of piperidine rings is 4. The molecule has 1 saturated carbocycles. The lowest BCUT2D eigenvalue weighted by Gasteiger charge is -2.63. The van der Waals surface area contributed by atoms with E-state index in [1.807, 2.05) is 0 Å². The molecular weight excluding hydrogens is 282 g/mol. The highest BCUT2D eigenvalue weighted by Gasteiger charge is 2.57. The molecule has 6 aliphatic rings. The Labute approximate surface area is 137 Å². The van der Waals surface area contributed by atoms with Crippen molar-refractivity contribution in [3.8, 4) is 0 Å². The Morgan fingerprint density at radius 2 is 2.04 bits per heavy atom. The summed E-state index contributed by atoms with van der Waals surface area (Å²) >= 11 is 0. The Hall–Kier alpha value is -1.19. The van der Waals surface area contributed by atoms with Crippen LogP contribution >= 0.6 is 0 Å². The van der Waals surface area contributed by atoms with E-state index in [0.29, 0.717) is 12.1 Å². The summed E-state index contributed by atoms with van der Waals surface area (Å²) in [7, 11) is 0. The van der Waals surface area contributed by atoms with Gasteiger partial charge in [-0.25, -0.2) is 0 Å². The first kappa shape index (κ1) is 13.1. The van der Waals surface area contributed by atoms with Crippen LogP contribution in [0.4, 0.5) is 0 Å². The van der Waals surface area contributed by atoms with Gasteiger partial charge in [-0.15, -0.1) is 0 Å². The molecular formula is C20H25N3. The molecule has 1 N–H and O–H groups in total. The maximum Gasteiger partial charge on any atom is 0.0885 e. The zero-order valence-corrected chi connectivity index (χ0v) is 13.6. The van der Waals surface area contributed by atoms with Crippen molar-refractivity contribution < 1.29 is 0 Å². The maximum absolute atomic E-state index is 5.21. The van der Waals surface area contributed by atoms with Gasteiger partial charge in [0, 0.05) is 29.9 Å². The quantitative estimate of drug-likeness (QED) is 0.776. The highest BCUT2D eigenvalue weighted by Crippen LogP contribution is 2.50. The van der Waals surface area contributed by atoms with Crippen molar-refractivity contribution in [3.05, 3.63) is 34.8 Å². The minimum Gasteiger partial charge on any atom is -0.313 e. The van der Waals surface area contributed by atoms with E-state index < -0.39 is 0 Å². The standard InChI is InChI=1S/C20H25N3/c1-2-6-16-12(4-1)13-9-11-23-17-8-7-15(20(23)19(13)22-16)18-14(17)5-3-10-21-18/h1-2,4,6,14-15,17-21H,3,5,7-11H2/t14-,15?,17?,18-,19?,20+/m0/s1. The van der Waals surface area contributed by atoms with Crippen molar-refractivity contribution in [3.63, 3.8) is 0 Å². The first-order chi connectivity index (χ1) is 11.4. The van der Waals surface area contributed by atoms with E-state index in [2.05, 4.69) is 34.5 Å². The molecule has 3 nitrogen and oxygen atoms in total. The number of benzene rings is 1. The molecule has 1 aliphatic carbocycles. The summed E-state index contributed by atoms with van der Waals surface area (Å²) in [5.41, 5.74) is 1.64. The van der Waals surface area contributed by atoms with Gasteiger partial charge >= 0.3 is 0 Å². The van der Waals surface area contributed by atoms with E-state index in [-0.39, 0.29) is 0 Å². The van der Waals surface area contributed by atoms with Crippen LogP contribution in [0.15, 0.2) is 29.3 Å². The second kappa shape index (κ2) is 4.67. The Morgan fingerprint density at radius 3 is 3.04 bits per heavy atom. The fourth-order valence-corrected chi connectivity index (χ4v) is 6.65. The van der Waals surface area contributed by atoms with Crippen molar-refractivity contribution in [2.45, 2.75) is 56.3 Å². The van der Waals surface area contributed by atoms with E-state index in [4.69, 9.17) is 4.99 Å². The molecule has 4 saturated heterocycles. The van der Waals surface area contributed by atoms with E-state index in [9.17, 15) is 0 Å². The largest absolute Gasteiger partial charge is 0.313 e. The van der Waals surface area contributed by atoms with Gasteiger partial charge < -0.3 is 5.32 Å². The molecule has 2 bridgehead atoms. The van der Waals surface area contributed by atoms with Crippen LogP contribution in [0.3, 0.4) is 0 Å². The third kappa shape index (κ3) is 1.65. The van der Waals surface area contributed by atoms with Crippen molar-refractivity contribution in [2.75, 3.05) is 13.1 Å². The predicted octanol–water partition coefficient (Wildman–Crippen LogP) is 1.07. The molecule has 5 fully saturated rings. The summed E-state index contributed by atoms with van der Waals surface area (Å²) < 4.78 is 0. The third-order valence-electron chi connectivity index (χ3n) is 7.40. The normalized spacial score (nSPS) is 44.1. The Kier molecular flexibility index (Phi) is 2.67. The molecule has 3 heteroatoms. The number of nitrogens with zero attached hydrogens (tertiary/aromatic N) is 2. The summed E-state index contributed by atoms with van der Waals surface area (Å²) in [6, 6.07) is 11.5. The summed E-state index contributed by atoms with van der Waals surface area (Å²) in [6.07, 6.45) is 6.89. The first-order valence-corrected chi connectivity index (χ1v) is 9.57. The molecule has 7 rings (SSSR count). The van der Waals surface area contributed by atoms with E-state index in [0.717, 1.165) is 23.9 Å². The fourth-order valence-electron chi connectivity index (χ4n) is 6.65. The molecule has 1 aromatic carbocycles. The van der Waals surface area contributed by atoms with Crippen molar-refractivity contribution in [1.29, 1.82) is 0 Å². The topological polar surface area (TPSA) is 27.6 Å². The average molecular weight is 307 g/mol. The van der Waals surface area contributed by atoms with Gasteiger partial charge in [-0.1, -0.05) is 18.2 Å². The van der Waals surface area contributed by atoms with Gasteiger partial charge in [-0.05, 0) is 62.1 Å². The summed E-state index contributed by atoms with van der Waals surface area (Å²) in [6.45, 7) is 2.50. The molecule has 1 aromatic rings. The summed E-state index contributed by atoms with van der Waals surface area (Å²) in [5, 5.41) is 6.61. The molecule has 0 amide bonds. The van der Waals surface area contributed by atoms with Crippen LogP contribution < -0.4 is 15.9 Å². The molecule has 120 valence electrons. The van der Waals surface area contributed by atoms with Crippen LogP contribution in [0.5, 0.6) is 0 Å². The zero-order valence-electron chi connectivity index (χ0n) is 13.6. The van der Waals surface area contributed by atoms with Crippen molar-refractivity contribution in [2.24, 2.45) is 16.8 Å². The van der Waals surface area contributed by atoms with Crippen LogP contribution in [-0.4, -0.2) is 42.2 Å². The number of rotatable bonds is 0. The van der Waals surface area contributed by atoms with Gasteiger partial charge in [0.25, 0.3) is 0 Å². The zero-order chi connectivity index (χ0) is 15.0. The lowest BCUT2D eigenvalue weighted by atomic mass is 9.60. The predicted molar refractivity (Wildman–Crippen MR) is 90.6 cm³/mol. The number of hydrogen-bond acceptors (Lipinski definition) is 3. The summed E-state index contributed by atoms with van der Waals surface area (Å²) in [4.78, 5) is 8.10. The van der Waals surface area contributed by atoms with Gasteiger partial charge in [0.15, 0.2) is 0 Å². The minimum atomic E-state index is 0.443. The van der Waals surface area contributed by atoms with E-state index in [1.165, 1.54) is 55.8 Å². The lowest BCUT2D eigenvalue weighted by molar-refractivity contribution is -0.0923. The second-order valence-electron chi connectivity index (χ2n) is 8.19. The number of hydrogen-bond donors (Lipinski definition) is 1. The number of nitrogens with one attached hydrogen (secondary N) is 1. The van der Waals surface area contributed by atoms with E-state index >= 15 is 0 Å². The van der Waals surface area contributed by atoms with Gasteiger partial charge in [-0.3, -0.25) is 9.89 Å². The van der Waals surface area contributed by atoms with Gasteiger partial charge in [0.1, 0.15) is 0 Å². The SMILES string of the molecule is c1ccc2c(c1)=NC1C=2CCN2C3CCC([C@H]12)[C@H]1NCCC[C@@H]31. The summed E-state index contributed by atoms with van der Waals surface area (Å²) in [5.74, 6) is 1.72. The van der Waals surface area contributed by atoms with Crippen LogP contribution in [0, 0.1) is 11.8 Å². The number of para-hydroxylation sites is 1. The highest BCUT2D eigenvalue weighted by atomic mass is 15.3. The molecule has 6 atom stereocenters. The molecule has 3 unspecified atom stereocenters. The molecule has 0 radical (unpaired) electrons. The smallest absolute Gasteiger partial charge is 0.0885 e. The van der Waals surface area contributed by atoms with Crippen LogP contribution in [-0.2, 0) is 0 Å². The van der Waals surface area contributed by atoms with Gasteiger partial charge in [0.05, 0.1) is 11.4 Å². The molecule has 5 aliphatic heterocycles. The van der Waals surface area contributed by atoms with Crippen molar-refractivity contribution >= 4 is 5.57 Å². The molecule has 23 heavy (non-hydrogen) atoms. The van der Waals surface area contributed by atoms with Crippen LogP contribution in [0.25, 0.3) is 5.57 Å². The van der Waals surface area contributed by atoms with Crippen LogP contribution in [0.2, 0.25) is 0 Å². The Bertz CT molecular complexity index is 769. The third-order valence-corrected chi connectivity index (χ3v) is 7.40. The van der Waals surface area contributed by atoms with Crippen LogP contribution in [0.1, 0.15) is 32.1 Å². The monoisotopic (exact) mass is 307 g/mol. The molecule has 5 heterocycles. The minimum absolute atomic E-state index is 0.443. The fraction of sp³-hybridized carbons (Fsp3) is 0.650. The lowest BCUT2D eigenvalue weighted by Crippen LogP contribution is -2.72. The molecule has 0 aromatic heterocycles.